The Labute approximate surface area is 128 Å². The van der Waals surface area contributed by atoms with E-state index in [0.29, 0.717) is 23.0 Å². The third-order valence-corrected chi connectivity index (χ3v) is 4.07. The second kappa shape index (κ2) is 7.99. The van der Waals surface area contributed by atoms with E-state index in [1.54, 1.807) is 21.0 Å². The van der Waals surface area contributed by atoms with Crippen LogP contribution in [-0.4, -0.2) is 39.1 Å². The Morgan fingerprint density at radius 3 is 2.52 bits per heavy atom. The maximum absolute atomic E-state index is 12.1. The first-order valence-electron chi connectivity index (χ1n) is 6.71. The summed E-state index contributed by atoms with van der Waals surface area (Å²) < 4.78 is 9.72. The van der Waals surface area contributed by atoms with E-state index in [1.807, 2.05) is 0 Å². The monoisotopic (exact) mass is 314 g/mol. The Hall–Kier alpha value is -1.60. The molecule has 0 bridgehead atoms. The maximum atomic E-state index is 12.1. The molecule has 0 amide bonds. The molecule has 0 aliphatic rings. The van der Waals surface area contributed by atoms with Gasteiger partial charge < -0.3 is 20.5 Å². The van der Waals surface area contributed by atoms with E-state index in [9.17, 15) is 9.59 Å². The number of nitrogen functional groups attached to an aromatic ring is 1. The van der Waals surface area contributed by atoms with Gasteiger partial charge in [-0.05, 0) is 6.42 Å². The van der Waals surface area contributed by atoms with E-state index in [0.717, 1.165) is 6.42 Å². The van der Waals surface area contributed by atoms with Gasteiger partial charge in [0.25, 0.3) is 0 Å². The predicted octanol–water partition coefficient (Wildman–Crippen LogP) is 2.40. The summed E-state index contributed by atoms with van der Waals surface area (Å²) >= 11 is 1.20. The fourth-order valence-corrected chi connectivity index (χ4v) is 2.96. The fourth-order valence-electron chi connectivity index (χ4n) is 1.74. The average Bonchev–Trinajstić information content (AvgIpc) is 2.78. The van der Waals surface area contributed by atoms with Gasteiger partial charge in [-0.25, -0.2) is 4.79 Å². The third-order valence-electron chi connectivity index (χ3n) is 2.89. The number of hydrogen-bond acceptors (Lipinski definition) is 7. The van der Waals surface area contributed by atoms with Crippen LogP contribution in [0.4, 0.5) is 10.7 Å². The summed E-state index contributed by atoms with van der Waals surface area (Å²) in [6.45, 7) is 4.82. The minimum Gasteiger partial charge on any atom is -0.465 e. The number of Topliss-reactive ketones (excluding diaryl/α,β-unsaturated/α-hetero) is 1. The fraction of sp³-hybridized carbons (Fsp3) is 0.571. The number of methoxy groups -OCH3 is 2. The first-order valence-corrected chi connectivity index (χ1v) is 7.53. The van der Waals surface area contributed by atoms with Crippen LogP contribution in [0.2, 0.25) is 0 Å². The summed E-state index contributed by atoms with van der Waals surface area (Å²) in [6.07, 6.45) is 0.780. The van der Waals surface area contributed by atoms with E-state index in [1.165, 1.54) is 18.4 Å². The zero-order valence-corrected chi connectivity index (χ0v) is 13.6. The molecule has 21 heavy (non-hydrogen) atoms. The number of anilines is 2. The molecule has 0 fully saturated rings. The molecule has 0 aliphatic heterocycles. The molecule has 1 rings (SSSR count). The summed E-state index contributed by atoms with van der Waals surface area (Å²) in [4.78, 5) is 24.4. The largest absolute Gasteiger partial charge is 0.465 e. The summed E-state index contributed by atoms with van der Waals surface area (Å²) in [7, 11) is 2.92. The number of rotatable bonds is 8. The second-order valence-corrected chi connectivity index (χ2v) is 5.85. The van der Waals surface area contributed by atoms with Gasteiger partial charge in [0, 0.05) is 26.2 Å². The Balaban J connectivity index is 3.06. The summed E-state index contributed by atoms with van der Waals surface area (Å²) in [5.74, 6) is -0.800. The summed E-state index contributed by atoms with van der Waals surface area (Å²) in [5, 5.41) is 3.69. The van der Waals surface area contributed by atoms with Gasteiger partial charge in [-0.1, -0.05) is 13.8 Å². The first kappa shape index (κ1) is 17.5. The molecule has 3 N–H and O–H groups in total. The number of hydrogen-bond donors (Lipinski definition) is 2. The molecule has 0 atom stereocenters. The Morgan fingerprint density at radius 1 is 1.33 bits per heavy atom. The second-order valence-electron chi connectivity index (χ2n) is 4.83. The zero-order valence-electron chi connectivity index (χ0n) is 12.8. The van der Waals surface area contributed by atoms with Crippen molar-refractivity contribution in [2.24, 2.45) is 5.92 Å². The SMILES string of the molecule is COCCCNc1sc(C(=O)C(C)C)c(N)c1C(=O)OC. The normalized spacial score (nSPS) is 10.7. The molecule has 1 heterocycles. The Kier molecular flexibility index (Phi) is 6.64. The van der Waals surface area contributed by atoms with Crippen LogP contribution in [0, 0.1) is 5.92 Å². The van der Waals surface area contributed by atoms with Crippen LogP contribution in [0.25, 0.3) is 0 Å². The lowest BCUT2D eigenvalue weighted by Gasteiger charge is -2.06. The van der Waals surface area contributed by atoms with Crippen molar-refractivity contribution in [3.63, 3.8) is 0 Å². The van der Waals surface area contributed by atoms with Crippen molar-refractivity contribution in [2.45, 2.75) is 20.3 Å². The van der Waals surface area contributed by atoms with E-state index in [4.69, 9.17) is 15.2 Å². The number of carbonyl (C=O) groups excluding carboxylic acids is 2. The molecule has 1 aromatic rings. The highest BCUT2D eigenvalue weighted by atomic mass is 32.1. The highest BCUT2D eigenvalue weighted by Gasteiger charge is 2.27. The molecular formula is C14H22N2O4S. The molecule has 0 aromatic carbocycles. The number of nitrogens with two attached hydrogens (primary N) is 1. The van der Waals surface area contributed by atoms with Crippen LogP contribution < -0.4 is 11.1 Å². The highest BCUT2D eigenvalue weighted by Crippen LogP contribution is 2.37. The van der Waals surface area contributed by atoms with Gasteiger partial charge in [-0.2, -0.15) is 0 Å². The van der Waals surface area contributed by atoms with Gasteiger partial charge in [-0.15, -0.1) is 11.3 Å². The first-order chi connectivity index (χ1) is 9.93. The smallest absolute Gasteiger partial charge is 0.343 e. The van der Waals surface area contributed by atoms with Gasteiger partial charge in [0.05, 0.1) is 17.7 Å². The van der Waals surface area contributed by atoms with Gasteiger partial charge in [0.2, 0.25) is 0 Å². The maximum Gasteiger partial charge on any atom is 0.343 e. The van der Waals surface area contributed by atoms with Crippen LogP contribution in [0.5, 0.6) is 0 Å². The van der Waals surface area contributed by atoms with Gasteiger partial charge in [0.15, 0.2) is 5.78 Å². The molecule has 0 aliphatic carbocycles. The molecule has 6 nitrogen and oxygen atoms in total. The van der Waals surface area contributed by atoms with Crippen molar-refractivity contribution in [3.05, 3.63) is 10.4 Å². The van der Waals surface area contributed by atoms with Crippen molar-refractivity contribution >= 4 is 33.8 Å². The molecule has 0 unspecified atom stereocenters. The standard InChI is InChI=1S/C14H22N2O4S/c1-8(2)11(17)12-10(15)9(14(18)20-4)13(21-12)16-6-5-7-19-3/h8,16H,5-7,15H2,1-4H3. The highest BCUT2D eigenvalue weighted by molar-refractivity contribution is 7.19. The molecule has 0 saturated heterocycles. The van der Waals surface area contributed by atoms with Crippen molar-refractivity contribution in [2.75, 3.05) is 38.4 Å². The molecule has 0 saturated carbocycles. The molecule has 118 valence electrons. The average molecular weight is 314 g/mol. The van der Waals surface area contributed by atoms with Crippen molar-refractivity contribution in [1.29, 1.82) is 0 Å². The van der Waals surface area contributed by atoms with E-state index >= 15 is 0 Å². The van der Waals surface area contributed by atoms with Crippen molar-refractivity contribution in [3.8, 4) is 0 Å². The van der Waals surface area contributed by atoms with Gasteiger partial charge >= 0.3 is 5.97 Å². The van der Waals surface area contributed by atoms with Crippen LogP contribution in [-0.2, 0) is 9.47 Å². The summed E-state index contributed by atoms with van der Waals surface area (Å²) in [6, 6.07) is 0. The zero-order chi connectivity index (χ0) is 16.0. The van der Waals surface area contributed by atoms with Crippen LogP contribution in [0.1, 0.15) is 40.3 Å². The van der Waals surface area contributed by atoms with Crippen LogP contribution in [0.3, 0.4) is 0 Å². The van der Waals surface area contributed by atoms with Crippen LogP contribution in [0.15, 0.2) is 0 Å². The number of thiophene rings is 1. The minimum absolute atomic E-state index is 0.0763. The van der Waals surface area contributed by atoms with Gasteiger partial charge in [-0.3, -0.25) is 4.79 Å². The number of esters is 1. The molecule has 7 heteroatoms. The number of ether oxygens (including phenoxy) is 2. The van der Waals surface area contributed by atoms with Crippen molar-refractivity contribution < 1.29 is 19.1 Å². The predicted molar refractivity (Wildman–Crippen MR) is 84.2 cm³/mol. The minimum atomic E-state index is -0.541. The number of nitrogens with one attached hydrogen (secondary N) is 1. The lowest BCUT2D eigenvalue weighted by Crippen LogP contribution is -2.11. The lowest BCUT2D eigenvalue weighted by atomic mass is 10.1. The van der Waals surface area contributed by atoms with E-state index < -0.39 is 5.97 Å². The quantitative estimate of drug-likeness (QED) is 0.435. The third kappa shape index (κ3) is 4.18. The topological polar surface area (TPSA) is 90.6 Å². The molecular weight excluding hydrogens is 292 g/mol. The van der Waals surface area contributed by atoms with E-state index in [-0.39, 0.29) is 23.0 Å². The Bertz CT molecular complexity index is 511. The number of ketones is 1. The molecule has 1 aromatic heterocycles. The number of carbonyl (C=O) groups is 2. The lowest BCUT2D eigenvalue weighted by molar-refractivity contribution is 0.0603. The van der Waals surface area contributed by atoms with Gasteiger partial charge in [0.1, 0.15) is 10.6 Å². The Morgan fingerprint density at radius 2 is 2.00 bits per heavy atom. The molecule has 0 radical (unpaired) electrons. The van der Waals surface area contributed by atoms with Crippen molar-refractivity contribution in [1.82, 2.24) is 0 Å². The summed E-state index contributed by atoms with van der Waals surface area (Å²) in [5.41, 5.74) is 6.41. The van der Waals surface area contributed by atoms with Crippen LogP contribution >= 0.6 is 11.3 Å². The molecule has 0 spiro atoms. The van der Waals surface area contributed by atoms with E-state index in [2.05, 4.69) is 5.32 Å².